The van der Waals surface area contributed by atoms with Crippen molar-refractivity contribution in [2.24, 2.45) is 0 Å². The first-order chi connectivity index (χ1) is 12.5. The number of hydrogen-bond donors (Lipinski definition) is 1. The smallest absolute Gasteiger partial charge is 0.238 e. The molecule has 1 atom stereocenters. The lowest BCUT2D eigenvalue weighted by molar-refractivity contribution is -0.124. The lowest BCUT2D eigenvalue weighted by atomic mass is 10.1. The number of rotatable bonds is 6. The highest BCUT2D eigenvalue weighted by atomic mass is 32.2. The molecule has 1 N–H and O–H groups in total. The molecule has 0 spiro atoms. The number of aryl methyl sites for hydroxylation is 1. The van der Waals surface area contributed by atoms with E-state index in [1.165, 1.54) is 4.31 Å². The molecule has 0 radical (unpaired) electrons. The molecule has 0 aliphatic carbocycles. The molecule has 2 aromatic carbocycles. The summed E-state index contributed by atoms with van der Waals surface area (Å²) in [6, 6.07) is 16.4. The van der Waals surface area contributed by atoms with Crippen LogP contribution in [-0.4, -0.2) is 31.2 Å². The Kier molecular flexibility index (Phi) is 5.74. The van der Waals surface area contributed by atoms with Crippen molar-refractivity contribution in [2.75, 3.05) is 6.54 Å². The van der Waals surface area contributed by atoms with Crippen molar-refractivity contribution in [1.82, 2.24) is 9.62 Å². The van der Waals surface area contributed by atoms with E-state index in [2.05, 4.69) is 5.32 Å². The van der Waals surface area contributed by atoms with Crippen LogP contribution >= 0.6 is 0 Å². The Hall–Kier alpha value is -2.18. The first kappa shape index (κ1) is 18.6. The maximum Gasteiger partial charge on any atom is 0.238 e. The minimum atomic E-state index is -3.54. The standard InChI is InChI=1S/C20H24N2O3S/c1-16-8-5-6-11-18(16)15-26(24,25)22-13-7-12-19(22)20(23)21-14-17-9-3-2-4-10-17/h2-6,8-11,19H,7,12-15H2,1H3,(H,21,23)/t19-/m1/s1. The Morgan fingerprint density at radius 1 is 1.12 bits per heavy atom. The van der Waals surface area contributed by atoms with E-state index in [0.717, 1.165) is 16.7 Å². The van der Waals surface area contributed by atoms with Crippen LogP contribution < -0.4 is 5.32 Å². The molecule has 5 nitrogen and oxygen atoms in total. The Balaban J connectivity index is 1.68. The van der Waals surface area contributed by atoms with Crippen molar-refractivity contribution < 1.29 is 13.2 Å². The second kappa shape index (κ2) is 8.01. The first-order valence-electron chi connectivity index (χ1n) is 8.83. The molecule has 1 saturated heterocycles. The third-order valence-electron chi connectivity index (χ3n) is 4.77. The molecule has 1 heterocycles. The average molecular weight is 372 g/mol. The molecule has 0 bridgehead atoms. The van der Waals surface area contributed by atoms with Crippen molar-refractivity contribution in [1.29, 1.82) is 0 Å². The highest BCUT2D eigenvalue weighted by molar-refractivity contribution is 7.88. The van der Waals surface area contributed by atoms with E-state index in [9.17, 15) is 13.2 Å². The minimum absolute atomic E-state index is 0.0673. The van der Waals surface area contributed by atoms with E-state index in [0.29, 0.717) is 25.9 Å². The van der Waals surface area contributed by atoms with Crippen LogP contribution in [0.3, 0.4) is 0 Å². The van der Waals surface area contributed by atoms with Gasteiger partial charge in [-0.1, -0.05) is 54.6 Å². The molecule has 0 saturated carbocycles. The molecule has 1 aliphatic heterocycles. The SMILES string of the molecule is Cc1ccccc1CS(=O)(=O)N1CCC[C@@H]1C(=O)NCc1ccccc1. The van der Waals surface area contributed by atoms with Crippen LogP contribution in [0.1, 0.15) is 29.5 Å². The van der Waals surface area contributed by atoms with Gasteiger partial charge in [0.2, 0.25) is 15.9 Å². The lowest BCUT2D eigenvalue weighted by Crippen LogP contribution is -2.46. The summed E-state index contributed by atoms with van der Waals surface area (Å²) in [5, 5.41) is 2.87. The summed E-state index contributed by atoms with van der Waals surface area (Å²) in [5.74, 6) is -0.290. The van der Waals surface area contributed by atoms with Crippen molar-refractivity contribution in [3.63, 3.8) is 0 Å². The Bertz CT molecular complexity index is 866. The maximum atomic E-state index is 12.9. The summed E-state index contributed by atoms with van der Waals surface area (Å²) in [7, 11) is -3.54. The number of hydrogen-bond acceptors (Lipinski definition) is 3. The summed E-state index contributed by atoms with van der Waals surface area (Å²) in [6.07, 6.45) is 1.27. The van der Waals surface area contributed by atoms with Gasteiger partial charge in [0.25, 0.3) is 0 Å². The van der Waals surface area contributed by atoms with Gasteiger partial charge in [0.15, 0.2) is 0 Å². The van der Waals surface area contributed by atoms with Gasteiger partial charge < -0.3 is 5.32 Å². The highest BCUT2D eigenvalue weighted by Gasteiger charge is 2.38. The summed E-state index contributed by atoms with van der Waals surface area (Å²) in [6.45, 7) is 2.71. The number of amides is 1. The van der Waals surface area contributed by atoms with Crippen molar-refractivity contribution in [3.05, 3.63) is 71.3 Å². The molecule has 1 aliphatic rings. The molecule has 1 amide bonds. The lowest BCUT2D eigenvalue weighted by Gasteiger charge is -2.24. The Morgan fingerprint density at radius 2 is 1.81 bits per heavy atom. The van der Waals surface area contributed by atoms with Crippen molar-refractivity contribution in [2.45, 2.75) is 38.1 Å². The Morgan fingerprint density at radius 3 is 2.54 bits per heavy atom. The summed E-state index contributed by atoms with van der Waals surface area (Å²) < 4.78 is 27.2. The van der Waals surface area contributed by atoms with Crippen molar-refractivity contribution >= 4 is 15.9 Å². The maximum absolute atomic E-state index is 12.9. The molecule has 138 valence electrons. The van der Waals surface area contributed by atoms with Crippen molar-refractivity contribution in [3.8, 4) is 0 Å². The molecule has 0 unspecified atom stereocenters. The van der Waals surface area contributed by atoms with Crippen LogP contribution in [-0.2, 0) is 27.1 Å². The largest absolute Gasteiger partial charge is 0.351 e. The normalized spacial score (nSPS) is 18.0. The highest BCUT2D eigenvalue weighted by Crippen LogP contribution is 2.24. The second-order valence-electron chi connectivity index (χ2n) is 6.65. The molecule has 6 heteroatoms. The zero-order valence-electron chi connectivity index (χ0n) is 14.9. The van der Waals surface area contributed by atoms with Gasteiger partial charge in [0.1, 0.15) is 6.04 Å². The number of carbonyl (C=O) groups excluding carboxylic acids is 1. The monoisotopic (exact) mass is 372 g/mol. The van der Waals surface area contributed by atoms with E-state index in [1.54, 1.807) is 0 Å². The third kappa shape index (κ3) is 4.31. The molecule has 0 aromatic heterocycles. The number of benzene rings is 2. The van der Waals surface area contributed by atoms with E-state index < -0.39 is 16.1 Å². The molecule has 2 aromatic rings. The molecule has 26 heavy (non-hydrogen) atoms. The van der Waals surface area contributed by atoms with Crippen LogP contribution in [0.5, 0.6) is 0 Å². The van der Waals surface area contributed by atoms with Gasteiger partial charge in [-0.15, -0.1) is 0 Å². The number of carbonyl (C=O) groups is 1. The topological polar surface area (TPSA) is 66.5 Å². The fourth-order valence-electron chi connectivity index (χ4n) is 3.29. The van der Waals surface area contributed by atoms with Gasteiger partial charge in [0, 0.05) is 13.1 Å². The number of nitrogens with one attached hydrogen (secondary N) is 1. The zero-order valence-corrected chi connectivity index (χ0v) is 15.7. The van der Waals surface area contributed by atoms with E-state index >= 15 is 0 Å². The number of nitrogens with zero attached hydrogens (tertiary/aromatic N) is 1. The zero-order chi connectivity index (χ0) is 18.6. The van der Waals surface area contributed by atoms with Gasteiger partial charge in [-0.05, 0) is 36.5 Å². The van der Waals surface area contributed by atoms with Gasteiger partial charge >= 0.3 is 0 Å². The van der Waals surface area contributed by atoms with Gasteiger partial charge in [-0.2, -0.15) is 4.31 Å². The number of sulfonamides is 1. The quantitative estimate of drug-likeness (QED) is 0.848. The summed E-state index contributed by atoms with van der Waals surface area (Å²) >= 11 is 0. The van der Waals surface area contributed by atoms with Crippen LogP contribution in [0, 0.1) is 6.92 Å². The second-order valence-corrected chi connectivity index (χ2v) is 8.58. The predicted molar refractivity (Wildman–Crippen MR) is 102 cm³/mol. The van der Waals surface area contributed by atoms with E-state index in [1.807, 2.05) is 61.5 Å². The van der Waals surface area contributed by atoms with Crippen LogP contribution in [0.2, 0.25) is 0 Å². The fourth-order valence-corrected chi connectivity index (χ4v) is 5.17. The van der Waals surface area contributed by atoms with Gasteiger partial charge in [0.05, 0.1) is 5.75 Å². The van der Waals surface area contributed by atoms with Gasteiger partial charge in [-0.3, -0.25) is 4.79 Å². The van der Waals surface area contributed by atoms with E-state index in [4.69, 9.17) is 0 Å². The molecular weight excluding hydrogens is 348 g/mol. The van der Waals surface area contributed by atoms with E-state index in [-0.39, 0.29) is 11.7 Å². The molecular formula is C20H24N2O3S. The molecule has 3 rings (SSSR count). The van der Waals surface area contributed by atoms with Crippen LogP contribution in [0.25, 0.3) is 0 Å². The first-order valence-corrected chi connectivity index (χ1v) is 10.4. The summed E-state index contributed by atoms with van der Waals surface area (Å²) in [4.78, 5) is 12.6. The minimum Gasteiger partial charge on any atom is -0.351 e. The fraction of sp³-hybridized carbons (Fsp3) is 0.350. The summed E-state index contributed by atoms with van der Waals surface area (Å²) in [5.41, 5.74) is 2.72. The third-order valence-corrected chi connectivity index (χ3v) is 6.60. The predicted octanol–water partition coefficient (Wildman–Crippen LogP) is 2.61. The molecule has 1 fully saturated rings. The van der Waals surface area contributed by atoms with Gasteiger partial charge in [-0.25, -0.2) is 8.42 Å². The van der Waals surface area contributed by atoms with Crippen LogP contribution in [0.15, 0.2) is 54.6 Å². The average Bonchev–Trinajstić information content (AvgIpc) is 3.13. The van der Waals surface area contributed by atoms with Crippen LogP contribution in [0.4, 0.5) is 0 Å². The Labute approximate surface area is 155 Å².